The third kappa shape index (κ3) is 2.98. The van der Waals surface area contributed by atoms with E-state index in [0.717, 1.165) is 11.4 Å². The Labute approximate surface area is 166 Å². The number of carbonyl (C=O) groups excluding carboxylic acids is 2. The van der Waals surface area contributed by atoms with Gasteiger partial charge in [-0.05, 0) is 44.9 Å². The molecule has 5 rings (SSSR count). The van der Waals surface area contributed by atoms with Crippen molar-refractivity contribution in [3.63, 3.8) is 0 Å². The first-order chi connectivity index (χ1) is 13.9. The van der Waals surface area contributed by atoms with Crippen LogP contribution in [0.4, 0.5) is 10.6 Å². The van der Waals surface area contributed by atoms with E-state index >= 15 is 0 Å². The molecule has 0 radical (unpaired) electrons. The van der Waals surface area contributed by atoms with Crippen LogP contribution < -0.4 is 10.2 Å². The second kappa shape index (κ2) is 6.26. The van der Waals surface area contributed by atoms with Crippen molar-refractivity contribution in [3.8, 4) is 0 Å². The van der Waals surface area contributed by atoms with Gasteiger partial charge in [0, 0.05) is 17.4 Å². The van der Waals surface area contributed by atoms with Gasteiger partial charge in [-0.1, -0.05) is 6.07 Å². The maximum absolute atomic E-state index is 12.9. The number of amides is 2. The number of carbonyl (C=O) groups is 2. The normalized spacial score (nSPS) is 20.9. The average molecular weight is 392 g/mol. The van der Waals surface area contributed by atoms with Gasteiger partial charge >= 0.3 is 6.09 Å². The summed E-state index contributed by atoms with van der Waals surface area (Å²) in [6, 6.07) is 7.08. The van der Waals surface area contributed by atoms with E-state index < -0.39 is 11.6 Å². The Bertz CT molecular complexity index is 1140. The zero-order chi connectivity index (χ0) is 20.2. The van der Waals surface area contributed by atoms with Crippen molar-refractivity contribution in [2.75, 3.05) is 11.5 Å². The molecule has 29 heavy (non-hydrogen) atoms. The summed E-state index contributed by atoms with van der Waals surface area (Å²) in [5.41, 5.74) is 1.95. The topological polar surface area (TPSA) is 102 Å². The number of pyridine rings is 1. The third-order valence-electron chi connectivity index (χ3n) is 5.35. The monoisotopic (exact) mass is 392 g/mol. The average Bonchev–Trinajstić information content (AvgIpc) is 3.29. The highest BCUT2D eigenvalue weighted by Crippen LogP contribution is 2.32. The minimum absolute atomic E-state index is 0.195. The number of nitrogens with zero attached hydrogens (tertiary/aromatic N) is 5. The van der Waals surface area contributed by atoms with Gasteiger partial charge in [0.25, 0.3) is 5.91 Å². The highest BCUT2D eigenvalue weighted by Gasteiger charge is 2.38. The number of rotatable bonds is 0. The van der Waals surface area contributed by atoms with Crippen molar-refractivity contribution in [2.24, 2.45) is 0 Å². The van der Waals surface area contributed by atoms with Crippen molar-refractivity contribution in [2.45, 2.75) is 38.3 Å². The van der Waals surface area contributed by atoms with Crippen molar-refractivity contribution >= 4 is 23.5 Å². The van der Waals surface area contributed by atoms with Gasteiger partial charge in [-0.2, -0.15) is 5.10 Å². The lowest BCUT2D eigenvalue weighted by atomic mass is 9.96. The van der Waals surface area contributed by atoms with E-state index in [9.17, 15) is 9.59 Å². The smallest absolute Gasteiger partial charge is 0.416 e. The predicted molar refractivity (Wildman–Crippen MR) is 104 cm³/mol. The minimum Gasteiger partial charge on any atom is -0.446 e. The summed E-state index contributed by atoms with van der Waals surface area (Å²) in [7, 11) is 0. The Hall–Kier alpha value is -3.49. The Morgan fingerprint density at radius 1 is 1.21 bits per heavy atom. The molecule has 9 nitrogen and oxygen atoms in total. The van der Waals surface area contributed by atoms with Crippen LogP contribution in [0.3, 0.4) is 0 Å². The van der Waals surface area contributed by atoms with Gasteiger partial charge in [0.05, 0.1) is 11.9 Å². The van der Waals surface area contributed by atoms with Crippen LogP contribution in [0.15, 0.2) is 36.7 Å². The van der Waals surface area contributed by atoms with Crippen molar-refractivity contribution < 1.29 is 14.3 Å². The molecule has 1 fully saturated rings. The molecule has 4 bridgehead atoms. The number of aryl methyl sites for hydroxylation is 1. The van der Waals surface area contributed by atoms with E-state index in [1.165, 1.54) is 15.6 Å². The maximum atomic E-state index is 12.9. The fourth-order valence-electron chi connectivity index (χ4n) is 3.75. The number of hydrogen-bond donors (Lipinski definition) is 1. The maximum Gasteiger partial charge on any atom is 0.416 e. The molecule has 1 N–H and O–H groups in total. The Morgan fingerprint density at radius 2 is 2.07 bits per heavy atom. The fourth-order valence-corrected chi connectivity index (χ4v) is 3.75. The molecule has 0 aromatic carbocycles. The fraction of sp³-hybridized carbons (Fsp3) is 0.350. The van der Waals surface area contributed by atoms with E-state index in [4.69, 9.17) is 9.72 Å². The molecule has 0 unspecified atom stereocenters. The molecule has 0 aliphatic carbocycles. The van der Waals surface area contributed by atoms with Crippen LogP contribution in [0, 0.1) is 0 Å². The largest absolute Gasteiger partial charge is 0.446 e. The van der Waals surface area contributed by atoms with Gasteiger partial charge in [0.2, 0.25) is 0 Å². The predicted octanol–water partition coefficient (Wildman–Crippen LogP) is 2.28. The quantitative estimate of drug-likeness (QED) is 0.630. The van der Waals surface area contributed by atoms with Gasteiger partial charge in [-0.3, -0.25) is 9.78 Å². The summed E-state index contributed by atoms with van der Waals surface area (Å²) in [6.45, 7) is 4.16. The third-order valence-corrected chi connectivity index (χ3v) is 5.35. The molecular formula is C20H20N6O3. The summed E-state index contributed by atoms with van der Waals surface area (Å²) in [5, 5.41) is 7.28. The minimum atomic E-state index is -0.488. The summed E-state index contributed by atoms with van der Waals surface area (Å²) < 4.78 is 6.83. The first-order valence-electron chi connectivity index (χ1n) is 9.50. The van der Waals surface area contributed by atoms with Gasteiger partial charge in [0.1, 0.15) is 24.0 Å². The molecule has 148 valence electrons. The number of aromatic nitrogens is 4. The Balaban J connectivity index is 1.70. The number of ether oxygens (including phenoxy) is 1. The SMILES string of the molecule is CC1(C)CCc2cccc(n2)[C@H]2COC(=O)N2c2ccn3ncc(c3n2)C(=O)N1. The molecule has 3 aromatic heterocycles. The molecule has 1 atom stereocenters. The molecule has 2 aliphatic rings. The molecule has 2 aliphatic heterocycles. The standard InChI is InChI=1S/C20H20N6O3/c1-20(2)8-6-12-4-3-5-14(22-12)15-11-29-19(28)26(15)16-7-9-25-17(23-16)13(10-21-25)18(27)24-20/h3-5,7,9-10,15H,6,8,11H2,1-2H3,(H,24,27)/t15-/m1/s1. The van der Waals surface area contributed by atoms with E-state index in [-0.39, 0.29) is 18.6 Å². The second-order valence-corrected chi connectivity index (χ2v) is 7.97. The van der Waals surface area contributed by atoms with Gasteiger partial charge < -0.3 is 10.1 Å². The van der Waals surface area contributed by atoms with Crippen molar-refractivity contribution in [1.29, 1.82) is 0 Å². The molecule has 1 saturated heterocycles. The highest BCUT2D eigenvalue weighted by atomic mass is 16.6. The summed E-state index contributed by atoms with van der Waals surface area (Å²) in [4.78, 5) is 36.2. The first kappa shape index (κ1) is 17.6. The number of fused-ring (bicyclic) bond motifs is 6. The van der Waals surface area contributed by atoms with Crippen LogP contribution in [0.1, 0.15) is 48.1 Å². The van der Waals surface area contributed by atoms with E-state index in [2.05, 4.69) is 15.4 Å². The molecule has 0 saturated carbocycles. The van der Waals surface area contributed by atoms with Crippen LogP contribution in [-0.2, 0) is 11.2 Å². The van der Waals surface area contributed by atoms with E-state index in [0.29, 0.717) is 29.9 Å². The zero-order valence-electron chi connectivity index (χ0n) is 16.1. The van der Waals surface area contributed by atoms with Gasteiger partial charge in [-0.25, -0.2) is 19.2 Å². The molecule has 9 heteroatoms. The van der Waals surface area contributed by atoms with Crippen LogP contribution >= 0.6 is 0 Å². The second-order valence-electron chi connectivity index (χ2n) is 7.97. The summed E-state index contributed by atoms with van der Waals surface area (Å²) >= 11 is 0. The van der Waals surface area contributed by atoms with Crippen LogP contribution in [0.25, 0.3) is 5.65 Å². The van der Waals surface area contributed by atoms with Crippen LogP contribution in [-0.4, -0.2) is 43.7 Å². The van der Waals surface area contributed by atoms with Crippen LogP contribution in [0.5, 0.6) is 0 Å². The lowest BCUT2D eigenvalue weighted by Gasteiger charge is -2.26. The summed E-state index contributed by atoms with van der Waals surface area (Å²) in [5.74, 6) is 0.136. The highest BCUT2D eigenvalue weighted by molar-refractivity contribution is 6.00. The Morgan fingerprint density at radius 3 is 2.93 bits per heavy atom. The first-order valence-corrected chi connectivity index (χ1v) is 9.50. The lowest BCUT2D eigenvalue weighted by molar-refractivity contribution is 0.0910. The lowest BCUT2D eigenvalue weighted by Crippen LogP contribution is -2.43. The summed E-state index contributed by atoms with van der Waals surface area (Å²) in [6.07, 6.45) is 4.08. The van der Waals surface area contributed by atoms with E-state index in [1.54, 1.807) is 12.3 Å². The zero-order valence-corrected chi connectivity index (χ0v) is 16.1. The van der Waals surface area contributed by atoms with Crippen molar-refractivity contribution in [3.05, 3.63) is 53.6 Å². The van der Waals surface area contributed by atoms with Gasteiger partial charge in [0.15, 0.2) is 5.65 Å². The molecule has 0 spiro atoms. The molecule has 5 heterocycles. The van der Waals surface area contributed by atoms with Crippen LogP contribution in [0.2, 0.25) is 0 Å². The van der Waals surface area contributed by atoms with Gasteiger partial charge in [-0.15, -0.1) is 0 Å². The molecular weight excluding hydrogens is 372 g/mol. The molecule has 2 amide bonds. The van der Waals surface area contributed by atoms with Crippen molar-refractivity contribution in [1.82, 2.24) is 24.9 Å². The molecule has 3 aromatic rings. The number of hydrogen-bond acceptors (Lipinski definition) is 6. The number of anilines is 1. The Kier molecular flexibility index (Phi) is 3.80. The number of nitrogens with one attached hydrogen (secondary N) is 1. The van der Waals surface area contributed by atoms with E-state index in [1.807, 2.05) is 32.0 Å². The number of cyclic esters (lactones) is 1.